The maximum atomic E-state index is 12.8. The molecule has 0 radical (unpaired) electrons. The summed E-state index contributed by atoms with van der Waals surface area (Å²) in [5, 5.41) is 6.98. The van der Waals surface area contributed by atoms with Gasteiger partial charge in [-0.3, -0.25) is 5.32 Å². The maximum absolute atomic E-state index is 12.8. The third-order valence-electron chi connectivity index (χ3n) is 5.26. The largest absolute Gasteiger partial charge is 0.368 e. The molecule has 1 fully saturated rings. The Morgan fingerprint density at radius 1 is 0.912 bits per heavy atom. The summed E-state index contributed by atoms with van der Waals surface area (Å²) in [6.45, 7) is 6.56. The molecular formula is C24H25Cl2N7O. The van der Waals surface area contributed by atoms with E-state index in [0.29, 0.717) is 40.7 Å². The van der Waals surface area contributed by atoms with Gasteiger partial charge in [0, 0.05) is 59.0 Å². The lowest BCUT2D eigenvalue weighted by atomic mass is 10.2. The van der Waals surface area contributed by atoms with Crippen molar-refractivity contribution in [2.45, 2.75) is 13.8 Å². The third kappa shape index (κ3) is 6.36. The summed E-state index contributed by atoms with van der Waals surface area (Å²) < 4.78 is 0. The summed E-state index contributed by atoms with van der Waals surface area (Å²) in [6.07, 6.45) is 0. The van der Waals surface area contributed by atoms with E-state index in [-0.39, 0.29) is 0 Å². The minimum absolute atomic E-state index is 0.302. The molecule has 0 atom stereocenters. The molecule has 3 aromatic rings. The third-order valence-corrected chi connectivity index (χ3v) is 5.74. The molecule has 0 aliphatic carbocycles. The van der Waals surface area contributed by atoms with Crippen LogP contribution in [0.2, 0.25) is 10.0 Å². The average molecular weight is 498 g/mol. The summed E-state index contributed by atoms with van der Waals surface area (Å²) in [4.78, 5) is 30.4. The molecular weight excluding hydrogens is 473 g/mol. The highest BCUT2D eigenvalue weighted by molar-refractivity contribution is 6.31. The second kappa shape index (κ2) is 10.7. The number of hydrogen-bond donors (Lipinski definition) is 2. The fourth-order valence-corrected chi connectivity index (χ4v) is 3.99. The van der Waals surface area contributed by atoms with Crippen molar-refractivity contribution in [1.29, 1.82) is 0 Å². The number of urea groups is 1. The Morgan fingerprint density at radius 2 is 1.59 bits per heavy atom. The molecule has 0 bridgehead atoms. The van der Waals surface area contributed by atoms with Crippen LogP contribution < -0.4 is 15.5 Å². The number of guanidine groups is 1. The number of nitrogens with one attached hydrogen (secondary N) is 2. The van der Waals surface area contributed by atoms with E-state index < -0.39 is 6.03 Å². The smallest absolute Gasteiger partial charge is 0.326 e. The maximum Gasteiger partial charge on any atom is 0.326 e. The van der Waals surface area contributed by atoms with Gasteiger partial charge in [0.1, 0.15) is 0 Å². The summed E-state index contributed by atoms with van der Waals surface area (Å²) in [5.74, 6) is 0.693. The van der Waals surface area contributed by atoms with Crippen molar-refractivity contribution in [2.75, 3.05) is 36.4 Å². The van der Waals surface area contributed by atoms with Crippen LogP contribution in [0.5, 0.6) is 0 Å². The molecule has 1 aliphatic rings. The van der Waals surface area contributed by atoms with Crippen molar-refractivity contribution in [2.24, 2.45) is 4.99 Å². The van der Waals surface area contributed by atoms with Crippen LogP contribution in [0.15, 0.2) is 59.6 Å². The van der Waals surface area contributed by atoms with Crippen LogP contribution in [0.25, 0.3) is 0 Å². The Balaban J connectivity index is 1.52. The zero-order valence-corrected chi connectivity index (χ0v) is 20.4. The Bertz CT molecular complexity index is 1170. The molecule has 4 rings (SSSR count). The summed E-state index contributed by atoms with van der Waals surface area (Å²) in [7, 11) is 0. The van der Waals surface area contributed by atoms with Gasteiger partial charge in [-0.05, 0) is 62.4 Å². The summed E-state index contributed by atoms with van der Waals surface area (Å²) >= 11 is 12.1. The van der Waals surface area contributed by atoms with Crippen LogP contribution in [-0.2, 0) is 0 Å². The Hall–Kier alpha value is -3.36. The average Bonchev–Trinajstić information content (AvgIpc) is 2.80. The summed E-state index contributed by atoms with van der Waals surface area (Å²) in [5.41, 5.74) is 3.30. The number of rotatable bonds is 3. The van der Waals surface area contributed by atoms with E-state index in [1.54, 1.807) is 24.3 Å². The van der Waals surface area contributed by atoms with Crippen molar-refractivity contribution >= 4 is 52.5 Å². The van der Waals surface area contributed by atoms with Crippen molar-refractivity contribution in [3.05, 3.63) is 76.0 Å². The van der Waals surface area contributed by atoms with Gasteiger partial charge in [0.15, 0.2) is 0 Å². The predicted molar refractivity (Wildman–Crippen MR) is 137 cm³/mol. The minimum atomic E-state index is -0.414. The number of halogens is 2. The lowest BCUT2D eigenvalue weighted by Gasteiger charge is -2.37. The van der Waals surface area contributed by atoms with Crippen molar-refractivity contribution in [1.82, 2.24) is 20.2 Å². The Morgan fingerprint density at radius 3 is 2.24 bits per heavy atom. The number of carbonyl (C=O) groups is 1. The van der Waals surface area contributed by atoms with E-state index in [2.05, 4.69) is 30.5 Å². The van der Waals surface area contributed by atoms with E-state index in [1.165, 1.54) is 0 Å². The summed E-state index contributed by atoms with van der Waals surface area (Å²) in [6, 6.07) is 16.1. The fraction of sp³-hybridized carbons (Fsp3) is 0.250. The number of hydrogen-bond acceptors (Lipinski definition) is 5. The number of piperazine rings is 1. The van der Waals surface area contributed by atoms with Crippen molar-refractivity contribution in [3.63, 3.8) is 0 Å². The normalized spacial score (nSPS) is 14.2. The molecule has 0 unspecified atom stereocenters. The molecule has 2 N–H and O–H groups in total. The first-order valence-electron chi connectivity index (χ1n) is 10.9. The van der Waals surface area contributed by atoms with Crippen molar-refractivity contribution < 1.29 is 4.79 Å². The first kappa shape index (κ1) is 23.8. The Labute approximate surface area is 208 Å². The number of benzene rings is 2. The number of carbonyl (C=O) groups excluding carboxylic acids is 1. The van der Waals surface area contributed by atoms with E-state index in [4.69, 9.17) is 23.2 Å². The lowest BCUT2D eigenvalue weighted by molar-refractivity contribution is 0.254. The number of amides is 2. The molecule has 1 saturated heterocycles. The van der Waals surface area contributed by atoms with Gasteiger partial charge in [0.25, 0.3) is 5.95 Å². The molecule has 1 aromatic heterocycles. The van der Waals surface area contributed by atoms with Crippen LogP contribution in [0.1, 0.15) is 11.4 Å². The van der Waals surface area contributed by atoms with Gasteiger partial charge < -0.3 is 15.1 Å². The standard InChI is InChI=1S/C24H25Cl2N7O/c1-16-14-17(2)28-22(27-16)30-23(31-24(34)29-20-8-6-18(25)7-9-20)33-12-10-32(11-13-33)21-5-3-4-19(26)15-21/h3-9,14-15H,10-13H2,1-2H3,(H2,27,28,29,30,31,34). The number of nitrogens with zero attached hydrogens (tertiary/aromatic N) is 5. The first-order valence-corrected chi connectivity index (χ1v) is 11.6. The topological polar surface area (TPSA) is 85.7 Å². The van der Waals surface area contributed by atoms with E-state index in [1.807, 2.05) is 49.1 Å². The highest BCUT2D eigenvalue weighted by atomic mass is 35.5. The number of aryl methyl sites for hydroxylation is 2. The van der Waals surface area contributed by atoms with Gasteiger partial charge in [0.2, 0.25) is 5.96 Å². The molecule has 8 nitrogen and oxygen atoms in total. The fourth-order valence-electron chi connectivity index (χ4n) is 3.68. The molecule has 2 heterocycles. The second-order valence-corrected chi connectivity index (χ2v) is 8.80. The zero-order chi connectivity index (χ0) is 24.1. The zero-order valence-electron chi connectivity index (χ0n) is 18.9. The lowest BCUT2D eigenvalue weighted by Crippen LogP contribution is -2.54. The van der Waals surface area contributed by atoms with Crippen LogP contribution in [-0.4, -0.2) is 53.0 Å². The molecule has 34 heavy (non-hydrogen) atoms. The van der Waals surface area contributed by atoms with Crippen molar-refractivity contribution in [3.8, 4) is 0 Å². The SMILES string of the molecule is Cc1cc(C)nc(/N=C(/NC(=O)Nc2ccc(Cl)cc2)N2CCN(c3cccc(Cl)c3)CC2)n1. The van der Waals surface area contributed by atoms with Gasteiger partial charge >= 0.3 is 6.03 Å². The monoisotopic (exact) mass is 497 g/mol. The molecule has 1 aliphatic heterocycles. The molecule has 2 aromatic carbocycles. The molecule has 10 heteroatoms. The van der Waals surface area contributed by atoms with Gasteiger partial charge in [0.05, 0.1) is 0 Å². The molecule has 0 spiro atoms. The van der Waals surface area contributed by atoms with Gasteiger partial charge in [-0.2, -0.15) is 4.99 Å². The van der Waals surface area contributed by atoms with Crippen LogP contribution in [0.4, 0.5) is 22.1 Å². The number of aliphatic imine (C=N–C) groups is 1. The predicted octanol–water partition coefficient (Wildman–Crippen LogP) is 5.03. The highest BCUT2D eigenvalue weighted by Gasteiger charge is 2.22. The minimum Gasteiger partial charge on any atom is -0.368 e. The number of aromatic nitrogens is 2. The first-order chi connectivity index (χ1) is 16.4. The Kier molecular flexibility index (Phi) is 7.49. The molecule has 2 amide bonds. The van der Waals surface area contributed by atoms with Gasteiger partial charge in [-0.15, -0.1) is 0 Å². The van der Waals surface area contributed by atoms with Crippen LogP contribution in [0, 0.1) is 13.8 Å². The second-order valence-electron chi connectivity index (χ2n) is 7.93. The van der Waals surface area contributed by atoms with Crippen LogP contribution in [0.3, 0.4) is 0 Å². The molecule has 0 saturated carbocycles. The number of anilines is 2. The molecule has 176 valence electrons. The van der Waals surface area contributed by atoms with E-state index >= 15 is 0 Å². The quantitative estimate of drug-likeness (QED) is 0.391. The van der Waals surface area contributed by atoms with Gasteiger partial charge in [-0.25, -0.2) is 14.8 Å². The van der Waals surface area contributed by atoms with Gasteiger partial charge in [-0.1, -0.05) is 29.3 Å². The van der Waals surface area contributed by atoms with E-state index in [9.17, 15) is 4.79 Å². The van der Waals surface area contributed by atoms with E-state index in [0.717, 1.165) is 30.2 Å². The van der Waals surface area contributed by atoms with Crippen LogP contribution >= 0.6 is 23.2 Å². The highest BCUT2D eigenvalue weighted by Crippen LogP contribution is 2.21.